The minimum absolute atomic E-state index is 0.0140. The molecule has 0 radical (unpaired) electrons. The zero-order valence-corrected chi connectivity index (χ0v) is 14.7. The van der Waals surface area contributed by atoms with E-state index < -0.39 is 11.9 Å². The van der Waals surface area contributed by atoms with Crippen molar-refractivity contribution in [2.75, 3.05) is 6.54 Å². The Morgan fingerprint density at radius 1 is 1.24 bits per heavy atom. The number of halogens is 3. The van der Waals surface area contributed by atoms with E-state index in [0.29, 0.717) is 23.2 Å². The zero-order chi connectivity index (χ0) is 16.3. The average Bonchev–Trinajstić information content (AvgIpc) is 2.68. The van der Waals surface area contributed by atoms with Gasteiger partial charge in [0.05, 0.1) is 4.88 Å². The summed E-state index contributed by atoms with van der Waals surface area (Å²) in [6, 6.07) is 0. The van der Waals surface area contributed by atoms with Crippen LogP contribution in [-0.2, 0) is 18.5 Å². The second kappa shape index (κ2) is 7.33. The Kier molecular flexibility index (Phi) is 6.55. The molecular formula is C14H23F3N2S2. The molecule has 0 amide bonds. The average molecular weight is 340 g/mol. The van der Waals surface area contributed by atoms with Crippen LogP contribution in [0.25, 0.3) is 0 Å². The molecule has 1 rings (SSSR count). The van der Waals surface area contributed by atoms with Crippen LogP contribution in [0.2, 0.25) is 0 Å². The van der Waals surface area contributed by atoms with Gasteiger partial charge >= 0.3 is 6.18 Å². The number of hydrogen-bond acceptors (Lipinski definition) is 4. The lowest BCUT2D eigenvalue weighted by molar-refractivity contribution is -0.141. The smallest absolute Gasteiger partial charge is 0.312 e. The van der Waals surface area contributed by atoms with Crippen LogP contribution in [0.1, 0.15) is 50.2 Å². The molecule has 1 aromatic heterocycles. The molecule has 0 aliphatic heterocycles. The minimum atomic E-state index is -4.38. The van der Waals surface area contributed by atoms with Gasteiger partial charge in [-0.05, 0) is 12.5 Å². The molecule has 2 nitrogen and oxygen atoms in total. The number of aromatic nitrogens is 1. The van der Waals surface area contributed by atoms with Crippen LogP contribution in [-0.4, -0.2) is 16.3 Å². The fourth-order valence-corrected chi connectivity index (χ4v) is 3.44. The predicted octanol–water partition coefficient (Wildman–Crippen LogP) is 4.94. The van der Waals surface area contributed by atoms with Gasteiger partial charge in [-0.3, -0.25) is 0 Å². The van der Waals surface area contributed by atoms with Crippen LogP contribution < -0.4 is 5.32 Å². The zero-order valence-electron chi connectivity index (χ0n) is 13.1. The summed E-state index contributed by atoms with van der Waals surface area (Å²) in [6.45, 7) is 11.1. The third-order valence-electron chi connectivity index (χ3n) is 2.48. The Balaban J connectivity index is 2.81. The van der Waals surface area contributed by atoms with E-state index in [1.165, 1.54) is 0 Å². The Morgan fingerprint density at radius 2 is 1.86 bits per heavy atom. The first kappa shape index (κ1) is 18.8. The fourth-order valence-electron chi connectivity index (χ4n) is 1.56. The molecule has 0 unspecified atom stereocenters. The van der Waals surface area contributed by atoms with Gasteiger partial charge < -0.3 is 5.32 Å². The van der Waals surface area contributed by atoms with Crippen LogP contribution in [0.4, 0.5) is 13.2 Å². The Morgan fingerprint density at radius 3 is 2.33 bits per heavy atom. The Hall–Kier alpha value is -0.270. The Labute approximate surface area is 132 Å². The van der Waals surface area contributed by atoms with Crippen LogP contribution in [0.5, 0.6) is 0 Å². The number of thioether (sulfide) groups is 1. The molecule has 0 aromatic carbocycles. The molecule has 1 heterocycles. The van der Waals surface area contributed by atoms with E-state index in [1.54, 1.807) is 11.8 Å². The van der Waals surface area contributed by atoms with Gasteiger partial charge in [0.25, 0.3) is 0 Å². The monoisotopic (exact) mass is 340 g/mol. The van der Waals surface area contributed by atoms with Gasteiger partial charge in [0.2, 0.25) is 0 Å². The van der Waals surface area contributed by atoms with E-state index >= 15 is 0 Å². The molecule has 122 valence electrons. The van der Waals surface area contributed by atoms with Crippen molar-refractivity contribution >= 4 is 23.1 Å². The summed E-state index contributed by atoms with van der Waals surface area (Å²) in [5, 5.41) is 3.61. The van der Waals surface area contributed by atoms with Crippen molar-refractivity contribution in [3.8, 4) is 0 Å². The van der Waals surface area contributed by atoms with Gasteiger partial charge in [-0.2, -0.15) is 13.2 Å². The van der Waals surface area contributed by atoms with Crippen LogP contribution in [0.15, 0.2) is 0 Å². The lowest BCUT2D eigenvalue weighted by Crippen LogP contribution is -2.20. The highest BCUT2D eigenvalue weighted by Gasteiger charge is 2.37. The van der Waals surface area contributed by atoms with Gasteiger partial charge in [-0.15, -0.1) is 23.1 Å². The highest BCUT2D eigenvalue weighted by atomic mass is 32.2. The summed E-state index contributed by atoms with van der Waals surface area (Å²) in [5.74, 6) is 0.921. The summed E-state index contributed by atoms with van der Waals surface area (Å²) in [5.41, 5.74) is -0.728. The maximum Gasteiger partial charge on any atom is 0.434 e. The van der Waals surface area contributed by atoms with Gasteiger partial charge in [-0.1, -0.05) is 34.6 Å². The molecule has 0 atom stereocenters. The third-order valence-corrected chi connectivity index (χ3v) is 5.00. The second-order valence-corrected chi connectivity index (χ2v) is 9.27. The summed E-state index contributed by atoms with van der Waals surface area (Å²) in [4.78, 5) is 4.10. The maximum absolute atomic E-state index is 13.0. The number of nitrogens with zero attached hydrogens (tertiary/aromatic N) is 1. The van der Waals surface area contributed by atoms with Crippen LogP contribution in [0, 0.1) is 5.92 Å². The maximum atomic E-state index is 13.0. The molecule has 0 bridgehead atoms. The van der Waals surface area contributed by atoms with Gasteiger partial charge in [0, 0.05) is 17.0 Å². The molecule has 0 spiro atoms. The van der Waals surface area contributed by atoms with Crippen LogP contribution in [0.3, 0.4) is 0 Å². The van der Waals surface area contributed by atoms with Crippen molar-refractivity contribution < 1.29 is 13.2 Å². The molecule has 1 aromatic rings. The number of alkyl halides is 3. The molecule has 0 fully saturated rings. The highest BCUT2D eigenvalue weighted by Crippen LogP contribution is 2.36. The van der Waals surface area contributed by atoms with E-state index in [0.717, 1.165) is 11.3 Å². The molecule has 21 heavy (non-hydrogen) atoms. The molecule has 0 aliphatic carbocycles. The predicted molar refractivity (Wildman–Crippen MR) is 84.7 cm³/mol. The first-order valence-corrected chi connectivity index (χ1v) is 8.69. The molecule has 1 N–H and O–H groups in total. The summed E-state index contributed by atoms with van der Waals surface area (Å²) in [6.07, 6.45) is -4.38. The molecule has 0 saturated heterocycles. The van der Waals surface area contributed by atoms with E-state index in [1.807, 2.05) is 34.6 Å². The van der Waals surface area contributed by atoms with Crippen molar-refractivity contribution in [3.05, 3.63) is 15.6 Å². The van der Waals surface area contributed by atoms with Crippen molar-refractivity contribution in [2.45, 2.75) is 57.8 Å². The summed E-state index contributed by atoms with van der Waals surface area (Å²) in [7, 11) is 0. The molecule has 7 heteroatoms. The van der Waals surface area contributed by atoms with Crippen molar-refractivity contribution in [2.24, 2.45) is 5.92 Å². The van der Waals surface area contributed by atoms with Crippen molar-refractivity contribution in [1.82, 2.24) is 10.3 Å². The standard InChI is InChI=1S/C14H23F3N2S2/c1-9(2)6-18-7-10-12(14(15,16)17)19-11(21-10)8-20-13(3,4)5/h9,18H,6-8H2,1-5H3. The van der Waals surface area contributed by atoms with Crippen molar-refractivity contribution in [1.29, 1.82) is 0 Å². The van der Waals surface area contributed by atoms with E-state index in [9.17, 15) is 13.2 Å². The summed E-state index contributed by atoms with van der Waals surface area (Å²) < 4.78 is 39.1. The van der Waals surface area contributed by atoms with Gasteiger partial charge in [0.15, 0.2) is 5.69 Å². The SMILES string of the molecule is CC(C)CNCc1sc(CSC(C)(C)C)nc1C(F)(F)F. The molecular weight excluding hydrogens is 317 g/mol. The van der Waals surface area contributed by atoms with Crippen molar-refractivity contribution in [3.63, 3.8) is 0 Å². The number of thiazole rings is 1. The summed E-state index contributed by atoms with van der Waals surface area (Å²) >= 11 is 2.77. The molecule has 0 saturated carbocycles. The van der Waals surface area contributed by atoms with Gasteiger partial charge in [0.1, 0.15) is 5.01 Å². The number of nitrogens with one attached hydrogen (secondary N) is 1. The third kappa shape index (κ3) is 7.02. The largest absolute Gasteiger partial charge is 0.434 e. The normalized spacial score (nSPS) is 13.2. The molecule has 0 aliphatic rings. The second-order valence-electron chi connectivity index (χ2n) is 6.30. The number of rotatable bonds is 6. The quantitative estimate of drug-likeness (QED) is 0.794. The van der Waals surface area contributed by atoms with Gasteiger partial charge in [-0.25, -0.2) is 4.98 Å². The highest BCUT2D eigenvalue weighted by molar-refractivity contribution is 7.99. The first-order valence-electron chi connectivity index (χ1n) is 6.89. The minimum Gasteiger partial charge on any atom is -0.312 e. The van der Waals surface area contributed by atoms with E-state index in [2.05, 4.69) is 10.3 Å². The lowest BCUT2D eigenvalue weighted by Gasteiger charge is -2.16. The van der Waals surface area contributed by atoms with E-state index in [4.69, 9.17) is 0 Å². The topological polar surface area (TPSA) is 24.9 Å². The van der Waals surface area contributed by atoms with E-state index in [-0.39, 0.29) is 16.2 Å². The Bertz CT molecular complexity index is 448. The first-order chi connectivity index (χ1) is 9.49. The number of hydrogen-bond donors (Lipinski definition) is 1. The fraction of sp³-hybridized carbons (Fsp3) is 0.786. The lowest BCUT2D eigenvalue weighted by atomic mass is 10.2. The van der Waals surface area contributed by atoms with Crippen LogP contribution >= 0.6 is 23.1 Å².